The Morgan fingerprint density at radius 1 is 1.04 bits per heavy atom. The first-order valence-corrected chi connectivity index (χ1v) is 9.09. The Hall–Kier alpha value is -2.14. The van der Waals surface area contributed by atoms with Gasteiger partial charge in [0.25, 0.3) is 0 Å². The van der Waals surface area contributed by atoms with Gasteiger partial charge in [0.1, 0.15) is 0 Å². The van der Waals surface area contributed by atoms with Crippen molar-refractivity contribution in [1.82, 2.24) is 10.2 Å². The fourth-order valence-electron chi connectivity index (χ4n) is 2.72. The Morgan fingerprint density at radius 3 is 2.52 bits per heavy atom. The summed E-state index contributed by atoms with van der Waals surface area (Å²) in [6.07, 6.45) is 0.888. The first kappa shape index (κ1) is 15.7. The quantitative estimate of drug-likeness (QED) is 0.938. The lowest BCUT2D eigenvalue weighted by Gasteiger charge is -2.28. The average Bonchev–Trinajstić information content (AvgIpc) is 2.61. The zero-order valence-electron chi connectivity index (χ0n) is 12.9. The van der Waals surface area contributed by atoms with Gasteiger partial charge >= 0.3 is 6.03 Å². The van der Waals surface area contributed by atoms with Crippen LogP contribution in [0, 0.1) is 0 Å². The van der Waals surface area contributed by atoms with E-state index in [0.29, 0.717) is 18.8 Å². The van der Waals surface area contributed by atoms with E-state index in [4.69, 9.17) is 0 Å². The van der Waals surface area contributed by atoms with Gasteiger partial charge in [0.2, 0.25) is 0 Å². The van der Waals surface area contributed by atoms with Gasteiger partial charge in [-0.15, -0.1) is 0 Å². The Bertz CT molecular complexity index is 703. The number of hydrogen-bond donors (Lipinski definition) is 1. The number of hydrogen-bond acceptors (Lipinski definition) is 2. The number of carbonyl (C=O) groups excluding carboxylic acids is 1. The fourth-order valence-corrected chi connectivity index (χ4v) is 3.71. The molecule has 1 N–H and O–H groups in total. The Morgan fingerprint density at radius 2 is 1.74 bits per heavy atom. The van der Waals surface area contributed by atoms with E-state index in [0.717, 1.165) is 17.9 Å². The molecular weight excluding hydrogens is 308 g/mol. The zero-order chi connectivity index (χ0) is 16.1. The number of fused-ring (bicyclic) bond motifs is 1. The summed E-state index contributed by atoms with van der Waals surface area (Å²) in [4.78, 5) is 14.9. The summed E-state index contributed by atoms with van der Waals surface area (Å²) in [6, 6.07) is 17.5. The molecule has 1 heterocycles. The maximum absolute atomic E-state index is 12.2. The van der Waals surface area contributed by atoms with Crippen molar-refractivity contribution in [1.29, 1.82) is 0 Å². The molecule has 23 heavy (non-hydrogen) atoms. The van der Waals surface area contributed by atoms with Gasteiger partial charge in [0.15, 0.2) is 0 Å². The van der Waals surface area contributed by atoms with Crippen LogP contribution >= 0.6 is 0 Å². The summed E-state index contributed by atoms with van der Waals surface area (Å²) in [6.45, 7) is 1.78. The third-order valence-corrected chi connectivity index (χ3v) is 5.36. The van der Waals surface area contributed by atoms with Crippen LogP contribution in [0.4, 0.5) is 4.79 Å². The smallest absolute Gasteiger partial charge is 0.317 e. The van der Waals surface area contributed by atoms with Crippen LogP contribution in [0.5, 0.6) is 0 Å². The number of nitrogens with one attached hydrogen (secondary N) is 1. The van der Waals surface area contributed by atoms with Crippen molar-refractivity contribution in [3.05, 3.63) is 65.7 Å². The number of nitrogens with zero attached hydrogens (tertiary/aromatic N) is 1. The van der Waals surface area contributed by atoms with Crippen molar-refractivity contribution in [2.75, 3.05) is 18.8 Å². The molecule has 0 aliphatic carbocycles. The van der Waals surface area contributed by atoms with Gasteiger partial charge in [0.05, 0.1) is 10.8 Å². The molecule has 2 aromatic carbocycles. The summed E-state index contributed by atoms with van der Waals surface area (Å²) < 4.78 is 12.1. The van der Waals surface area contributed by atoms with Gasteiger partial charge in [-0.25, -0.2) is 4.79 Å². The van der Waals surface area contributed by atoms with Crippen LogP contribution in [0.25, 0.3) is 0 Å². The van der Waals surface area contributed by atoms with E-state index in [9.17, 15) is 9.00 Å². The van der Waals surface area contributed by atoms with Crippen LogP contribution in [0.1, 0.15) is 11.1 Å². The summed E-state index contributed by atoms with van der Waals surface area (Å²) in [7, 11) is -1.07. The number of amides is 2. The van der Waals surface area contributed by atoms with E-state index in [1.807, 2.05) is 47.4 Å². The highest BCUT2D eigenvalue weighted by Gasteiger charge is 2.19. The molecule has 0 radical (unpaired) electrons. The molecule has 120 valence electrons. The minimum atomic E-state index is -1.07. The van der Waals surface area contributed by atoms with Crippen molar-refractivity contribution in [2.45, 2.75) is 17.9 Å². The van der Waals surface area contributed by atoms with Gasteiger partial charge in [-0.05, 0) is 29.7 Å². The second kappa shape index (κ2) is 7.42. The average molecular weight is 328 g/mol. The third kappa shape index (κ3) is 3.99. The molecule has 0 saturated heterocycles. The molecule has 1 atom stereocenters. The van der Waals surface area contributed by atoms with Crippen molar-refractivity contribution >= 4 is 16.8 Å². The van der Waals surface area contributed by atoms with Gasteiger partial charge in [-0.1, -0.05) is 42.5 Å². The Kier molecular flexibility index (Phi) is 5.08. The molecule has 0 spiro atoms. The van der Waals surface area contributed by atoms with E-state index in [1.165, 1.54) is 11.1 Å². The molecular formula is C18H20N2O2S. The molecule has 0 fully saturated rings. The topological polar surface area (TPSA) is 49.4 Å². The van der Waals surface area contributed by atoms with Crippen LogP contribution < -0.4 is 5.32 Å². The second-order valence-corrected chi connectivity index (χ2v) is 7.11. The summed E-state index contributed by atoms with van der Waals surface area (Å²) in [5.41, 5.74) is 2.53. The molecule has 0 bridgehead atoms. The van der Waals surface area contributed by atoms with E-state index >= 15 is 0 Å². The van der Waals surface area contributed by atoms with E-state index in [2.05, 4.69) is 17.4 Å². The molecule has 4 nitrogen and oxygen atoms in total. The van der Waals surface area contributed by atoms with Crippen LogP contribution in [-0.4, -0.2) is 34.0 Å². The van der Waals surface area contributed by atoms with Crippen molar-refractivity contribution in [2.24, 2.45) is 0 Å². The van der Waals surface area contributed by atoms with E-state index in [1.54, 1.807) is 0 Å². The lowest BCUT2D eigenvalue weighted by molar-refractivity contribution is 0.193. The molecule has 1 unspecified atom stereocenters. The molecule has 2 amide bonds. The summed E-state index contributed by atoms with van der Waals surface area (Å²) >= 11 is 0. The second-order valence-electron chi connectivity index (χ2n) is 5.53. The minimum absolute atomic E-state index is 0.0791. The summed E-state index contributed by atoms with van der Waals surface area (Å²) in [5.74, 6) is 0.431. The lowest BCUT2D eigenvalue weighted by atomic mass is 10.0. The number of rotatable bonds is 4. The highest BCUT2D eigenvalue weighted by Crippen LogP contribution is 2.18. The molecule has 3 rings (SSSR count). The minimum Gasteiger partial charge on any atom is -0.337 e. The predicted molar refractivity (Wildman–Crippen MR) is 91.7 cm³/mol. The molecule has 1 aliphatic heterocycles. The Labute approximate surface area is 139 Å². The Balaban J connectivity index is 1.48. The van der Waals surface area contributed by atoms with Gasteiger partial charge in [-0.3, -0.25) is 4.21 Å². The largest absolute Gasteiger partial charge is 0.337 e. The van der Waals surface area contributed by atoms with Crippen molar-refractivity contribution in [3.63, 3.8) is 0 Å². The number of urea groups is 1. The molecule has 2 aromatic rings. The first-order chi connectivity index (χ1) is 11.2. The highest BCUT2D eigenvalue weighted by atomic mass is 32.2. The third-order valence-electron chi connectivity index (χ3n) is 3.99. The van der Waals surface area contributed by atoms with Gasteiger partial charge in [-0.2, -0.15) is 0 Å². The van der Waals surface area contributed by atoms with Crippen molar-refractivity contribution < 1.29 is 9.00 Å². The monoisotopic (exact) mass is 328 g/mol. The highest BCUT2D eigenvalue weighted by molar-refractivity contribution is 7.85. The van der Waals surface area contributed by atoms with Crippen LogP contribution in [-0.2, 0) is 23.8 Å². The van der Waals surface area contributed by atoms with Crippen LogP contribution in [0.15, 0.2) is 59.5 Å². The lowest BCUT2D eigenvalue weighted by Crippen LogP contribution is -2.43. The number of benzene rings is 2. The van der Waals surface area contributed by atoms with Crippen LogP contribution in [0.3, 0.4) is 0 Å². The zero-order valence-corrected chi connectivity index (χ0v) is 13.7. The van der Waals surface area contributed by atoms with Crippen LogP contribution in [0.2, 0.25) is 0 Å². The maximum Gasteiger partial charge on any atom is 0.317 e. The van der Waals surface area contributed by atoms with Crippen molar-refractivity contribution in [3.8, 4) is 0 Å². The van der Waals surface area contributed by atoms with Gasteiger partial charge < -0.3 is 10.2 Å². The standard InChI is InChI=1S/C18H20N2O2S/c21-18(19-11-13-23(22)17-8-2-1-3-9-17)20-12-10-15-6-4-5-7-16(15)14-20/h1-9H,10-14H2,(H,19,21). The first-order valence-electron chi connectivity index (χ1n) is 7.77. The van der Waals surface area contributed by atoms with E-state index < -0.39 is 10.8 Å². The number of carbonyl (C=O) groups is 1. The molecule has 0 aromatic heterocycles. The van der Waals surface area contributed by atoms with Gasteiger partial charge in [0, 0.05) is 30.3 Å². The molecule has 5 heteroatoms. The predicted octanol–water partition coefficient (Wildman–Crippen LogP) is 2.56. The summed E-state index contributed by atoms with van der Waals surface area (Å²) in [5, 5.41) is 2.88. The maximum atomic E-state index is 12.2. The van der Waals surface area contributed by atoms with E-state index in [-0.39, 0.29) is 6.03 Å². The fraction of sp³-hybridized carbons (Fsp3) is 0.278. The molecule has 1 aliphatic rings. The normalized spacial score (nSPS) is 14.9. The SMILES string of the molecule is O=C(NCCS(=O)c1ccccc1)N1CCc2ccccc2C1. The molecule has 0 saturated carbocycles.